The van der Waals surface area contributed by atoms with E-state index in [1.165, 1.54) is 12.1 Å². The number of ether oxygens (including phenoxy) is 2. The number of urea groups is 1. The van der Waals surface area contributed by atoms with Gasteiger partial charge in [0.25, 0.3) is 0 Å². The summed E-state index contributed by atoms with van der Waals surface area (Å²) in [7, 11) is 0. The van der Waals surface area contributed by atoms with E-state index in [2.05, 4.69) is 5.32 Å². The van der Waals surface area contributed by atoms with Crippen LogP contribution in [0, 0.1) is 29.0 Å². The lowest BCUT2D eigenvalue weighted by atomic mass is 10.0. The van der Waals surface area contributed by atoms with Crippen molar-refractivity contribution >= 4 is 11.7 Å². The average molecular weight is 367 g/mol. The Morgan fingerprint density at radius 1 is 1.19 bits per heavy atom. The number of anilines is 1. The number of rotatable bonds is 3. The number of carbonyl (C=O) groups is 1. The highest BCUT2D eigenvalue weighted by Gasteiger charge is 2.39. The second kappa shape index (κ2) is 7.25. The number of para-hydroxylation sites is 1. The van der Waals surface area contributed by atoms with Gasteiger partial charge in [-0.25, -0.2) is 9.18 Å². The molecule has 2 aromatic carbocycles. The minimum absolute atomic E-state index is 0.0106. The molecule has 7 heteroatoms. The molecule has 2 fully saturated rings. The first-order valence-electron chi connectivity index (χ1n) is 8.74. The number of hydrogen-bond donors (Lipinski definition) is 1. The van der Waals surface area contributed by atoms with E-state index in [1.807, 2.05) is 6.07 Å². The molecule has 0 bridgehead atoms. The number of fused-ring (bicyclic) bond motifs is 1. The van der Waals surface area contributed by atoms with Gasteiger partial charge in [0.15, 0.2) is 11.6 Å². The largest absolute Gasteiger partial charge is 0.453 e. The summed E-state index contributed by atoms with van der Waals surface area (Å²) in [5, 5.41) is 11.8. The van der Waals surface area contributed by atoms with Gasteiger partial charge in [-0.3, -0.25) is 0 Å². The summed E-state index contributed by atoms with van der Waals surface area (Å²) in [6.07, 6.45) is 0. The highest BCUT2D eigenvalue weighted by atomic mass is 19.1. The van der Waals surface area contributed by atoms with Crippen molar-refractivity contribution in [3.05, 3.63) is 53.8 Å². The maximum Gasteiger partial charge on any atom is 0.321 e. The standard InChI is InChI=1S/C20H18FN3O3/c21-17-7-16(23-20(25)24-9-14-11-26-12-15(14)10-24)5-6-19(17)27-18-4-2-1-3-13(18)8-22/h1-7,14-15H,9-12H2,(H,23,25)/t14-,15+. The summed E-state index contributed by atoms with van der Waals surface area (Å²) in [5.41, 5.74) is 0.671. The van der Waals surface area contributed by atoms with Gasteiger partial charge in [0, 0.05) is 36.7 Å². The number of halogens is 1. The second-order valence-electron chi connectivity index (χ2n) is 6.75. The van der Waals surface area contributed by atoms with Crippen LogP contribution in [0.3, 0.4) is 0 Å². The van der Waals surface area contributed by atoms with Crippen LogP contribution in [0.4, 0.5) is 14.9 Å². The topological polar surface area (TPSA) is 74.6 Å². The van der Waals surface area contributed by atoms with Crippen molar-refractivity contribution in [1.29, 1.82) is 5.26 Å². The summed E-state index contributed by atoms with van der Waals surface area (Å²) in [6.45, 7) is 2.70. The fraction of sp³-hybridized carbons (Fsp3) is 0.300. The molecule has 2 amide bonds. The molecule has 2 aromatic rings. The van der Waals surface area contributed by atoms with E-state index in [1.54, 1.807) is 35.2 Å². The Morgan fingerprint density at radius 3 is 2.63 bits per heavy atom. The Balaban J connectivity index is 1.43. The molecule has 2 atom stereocenters. The highest BCUT2D eigenvalue weighted by Crippen LogP contribution is 2.31. The van der Waals surface area contributed by atoms with Gasteiger partial charge in [-0.1, -0.05) is 12.1 Å². The van der Waals surface area contributed by atoms with Gasteiger partial charge < -0.3 is 19.7 Å². The highest BCUT2D eigenvalue weighted by molar-refractivity contribution is 5.89. The van der Waals surface area contributed by atoms with E-state index < -0.39 is 5.82 Å². The number of likely N-dealkylation sites (tertiary alicyclic amines) is 1. The monoisotopic (exact) mass is 367 g/mol. The van der Waals surface area contributed by atoms with E-state index in [4.69, 9.17) is 14.7 Å². The molecule has 0 unspecified atom stereocenters. The SMILES string of the molecule is N#Cc1ccccc1Oc1ccc(NC(=O)N2C[C@H]3COC[C@H]3C2)cc1F. The molecule has 2 aliphatic rings. The molecule has 138 valence electrons. The van der Waals surface area contributed by atoms with Crippen molar-refractivity contribution in [2.24, 2.45) is 11.8 Å². The van der Waals surface area contributed by atoms with Crippen LogP contribution in [0.5, 0.6) is 11.5 Å². The Bertz CT molecular complexity index is 900. The van der Waals surface area contributed by atoms with Gasteiger partial charge in [-0.05, 0) is 24.3 Å². The second-order valence-corrected chi connectivity index (χ2v) is 6.75. The number of hydrogen-bond acceptors (Lipinski definition) is 4. The molecule has 0 radical (unpaired) electrons. The summed E-state index contributed by atoms with van der Waals surface area (Å²) in [6, 6.07) is 12.6. The van der Waals surface area contributed by atoms with Crippen LogP contribution in [-0.2, 0) is 4.74 Å². The van der Waals surface area contributed by atoms with Crippen molar-refractivity contribution in [3.63, 3.8) is 0 Å². The molecule has 2 aliphatic heterocycles. The minimum Gasteiger partial charge on any atom is -0.453 e. The predicted octanol–water partition coefficient (Wildman–Crippen LogP) is 3.60. The molecule has 1 N–H and O–H groups in total. The summed E-state index contributed by atoms with van der Waals surface area (Å²) >= 11 is 0. The van der Waals surface area contributed by atoms with Crippen LogP contribution in [0.2, 0.25) is 0 Å². The van der Waals surface area contributed by atoms with Crippen molar-refractivity contribution in [2.75, 3.05) is 31.6 Å². The first-order valence-corrected chi connectivity index (χ1v) is 8.74. The van der Waals surface area contributed by atoms with Crippen LogP contribution < -0.4 is 10.1 Å². The average Bonchev–Trinajstić information content (AvgIpc) is 3.26. The van der Waals surface area contributed by atoms with Crippen LogP contribution in [-0.4, -0.2) is 37.2 Å². The fourth-order valence-electron chi connectivity index (χ4n) is 3.48. The fourth-order valence-corrected chi connectivity index (χ4v) is 3.48. The molecule has 0 aromatic heterocycles. The Kier molecular flexibility index (Phi) is 4.65. The predicted molar refractivity (Wildman–Crippen MR) is 96.0 cm³/mol. The summed E-state index contributed by atoms with van der Waals surface area (Å²) in [4.78, 5) is 14.1. The zero-order chi connectivity index (χ0) is 18.8. The molecule has 2 heterocycles. The van der Waals surface area contributed by atoms with Gasteiger partial charge in [0.2, 0.25) is 0 Å². The molecule has 6 nitrogen and oxygen atoms in total. The van der Waals surface area contributed by atoms with Crippen molar-refractivity contribution < 1.29 is 18.7 Å². The first kappa shape index (κ1) is 17.3. The normalized spacial score (nSPS) is 20.8. The number of nitrogens with one attached hydrogen (secondary N) is 1. The van der Waals surface area contributed by atoms with E-state index >= 15 is 0 Å². The summed E-state index contributed by atoms with van der Waals surface area (Å²) in [5.74, 6) is 0.434. The van der Waals surface area contributed by atoms with Gasteiger partial charge >= 0.3 is 6.03 Å². The van der Waals surface area contributed by atoms with E-state index in [-0.39, 0.29) is 17.5 Å². The van der Waals surface area contributed by atoms with Gasteiger partial charge in [-0.15, -0.1) is 0 Å². The van der Waals surface area contributed by atoms with Gasteiger partial charge in [0.1, 0.15) is 11.8 Å². The number of nitriles is 1. The molecule has 0 spiro atoms. The minimum atomic E-state index is -0.618. The quantitative estimate of drug-likeness (QED) is 0.899. The molecule has 2 saturated heterocycles. The van der Waals surface area contributed by atoms with E-state index in [9.17, 15) is 9.18 Å². The smallest absolute Gasteiger partial charge is 0.321 e. The molecular weight excluding hydrogens is 349 g/mol. The zero-order valence-electron chi connectivity index (χ0n) is 14.5. The third-order valence-electron chi connectivity index (χ3n) is 4.94. The third-order valence-corrected chi connectivity index (χ3v) is 4.94. The number of benzene rings is 2. The first-order chi connectivity index (χ1) is 13.1. The lowest BCUT2D eigenvalue weighted by molar-refractivity contribution is 0.158. The molecule has 0 saturated carbocycles. The molecule has 27 heavy (non-hydrogen) atoms. The van der Waals surface area contributed by atoms with Crippen molar-refractivity contribution in [2.45, 2.75) is 0 Å². The Morgan fingerprint density at radius 2 is 1.93 bits per heavy atom. The molecule has 4 rings (SSSR count). The maximum atomic E-state index is 14.4. The number of nitrogens with zero attached hydrogens (tertiary/aromatic N) is 2. The summed E-state index contributed by atoms with van der Waals surface area (Å²) < 4.78 is 25.3. The zero-order valence-corrected chi connectivity index (χ0v) is 14.5. The third kappa shape index (κ3) is 3.57. The van der Waals surface area contributed by atoms with E-state index in [0.29, 0.717) is 49.4 Å². The number of amides is 2. The van der Waals surface area contributed by atoms with Crippen LogP contribution >= 0.6 is 0 Å². The van der Waals surface area contributed by atoms with Gasteiger partial charge in [-0.2, -0.15) is 5.26 Å². The van der Waals surface area contributed by atoms with Gasteiger partial charge in [0.05, 0.1) is 18.8 Å². The van der Waals surface area contributed by atoms with Crippen molar-refractivity contribution in [1.82, 2.24) is 4.90 Å². The lowest BCUT2D eigenvalue weighted by Gasteiger charge is -2.18. The number of carbonyl (C=O) groups excluding carboxylic acids is 1. The molecule has 0 aliphatic carbocycles. The lowest BCUT2D eigenvalue weighted by Crippen LogP contribution is -2.34. The Hall–Kier alpha value is -3.11. The maximum absolute atomic E-state index is 14.4. The van der Waals surface area contributed by atoms with Crippen molar-refractivity contribution in [3.8, 4) is 17.6 Å². The van der Waals surface area contributed by atoms with E-state index in [0.717, 1.165) is 0 Å². The van der Waals surface area contributed by atoms with Crippen LogP contribution in [0.15, 0.2) is 42.5 Å². The van der Waals surface area contributed by atoms with Crippen LogP contribution in [0.25, 0.3) is 0 Å². The van der Waals surface area contributed by atoms with Crippen LogP contribution in [0.1, 0.15) is 5.56 Å². The molecular formula is C20H18FN3O3. The Labute approximate surface area is 156 Å².